The monoisotopic (exact) mass is 380 g/mol. The van der Waals surface area contributed by atoms with Gasteiger partial charge in [-0.3, -0.25) is 9.78 Å². The number of amides is 1. The molecule has 0 saturated carbocycles. The summed E-state index contributed by atoms with van der Waals surface area (Å²) in [4.78, 5) is 16.3. The molecule has 0 aliphatic carbocycles. The minimum absolute atomic E-state index is 0.0780. The maximum Gasteiger partial charge on any atom is 0.287 e. The summed E-state index contributed by atoms with van der Waals surface area (Å²) in [6, 6.07) is 8.48. The Balaban J connectivity index is 1.78. The third kappa shape index (κ3) is 3.64. The van der Waals surface area contributed by atoms with E-state index in [-0.39, 0.29) is 23.2 Å². The highest BCUT2D eigenvalue weighted by Gasteiger charge is 2.14. The van der Waals surface area contributed by atoms with Crippen molar-refractivity contribution in [3.63, 3.8) is 0 Å². The van der Waals surface area contributed by atoms with Gasteiger partial charge >= 0.3 is 0 Å². The van der Waals surface area contributed by atoms with E-state index in [1.54, 1.807) is 42.7 Å². The molecule has 0 atom stereocenters. The number of benzene rings is 1. The van der Waals surface area contributed by atoms with Crippen LogP contribution in [-0.2, 0) is 11.3 Å². The van der Waals surface area contributed by atoms with E-state index in [1.807, 2.05) is 0 Å². The lowest BCUT2D eigenvalue weighted by molar-refractivity contribution is -0.117. The van der Waals surface area contributed by atoms with Crippen LogP contribution in [0.3, 0.4) is 0 Å². The molecule has 0 fully saturated rings. The average Bonchev–Trinajstić information content (AvgIpc) is 2.93. The Morgan fingerprint density at radius 3 is 2.67 bits per heavy atom. The molecule has 0 unspecified atom stereocenters. The molecule has 0 bridgehead atoms. The highest BCUT2D eigenvalue weighted by molar-refractivity contribution is 7.71. The summed E-state index contributed by atoms with van der Waals surface area (Å²) in [5.74, 6) is -0.0937. The topological polar surface area (TPSA) is 73.0 Å². The van der Waals surface area contributed by atoms with Crippen LogP contribution in [0, 0.1) is 4.84 Å². The van der Waals surface area contributed by atoms with Crippen LogP contribution in [0.25, 0.3) is 11.5 Å². The summed E-state index contributed by atoms with van der Waals surface area (Å²) >= 11 is 17.1. The zero-order valence-electron chi connectivity index (χ0n) is 12.1. The second-order valence-corrected chi connectivity index (χ2v) is 5.88. The molecule has 3 rings (SSSR count). The van der Waals surface area contributed by atoms with Crippen LogP contribution in [-0.4, -0.2) is 20.7 Å². The predicted molar refractivity (Wildman–Crippen MR) is 93.6 cm³/mol. The molecule has 0 aliphatic heterocycles. The molecular weight excluding hydrogens is 371 g/mol. The van der Waals surface area contributed by atoms with Gasteiger partial charge in [0.1, 0.15) is 6.54 Å². The minimum Gasteiger partial charge on any atom is -0.409 e. The molecule has 6 nitrogen and oxygen atoms in total. The second-order valence-electron chi connectivity index (χ2n) is 4.72. The Morgan fingerprint density at radius 2 is 2.00 bits per heavy atom. The number of hydrogen-bond donors (Lipinski definition) is 1. The fourth-order valence-corrected chi connectivity index (χ4v) is 2.62. The first-order valence-electron chi connectivity index (χ1n) is 6.77. The molecule has 0 aliphatic rings. The molecule has 122 valence electrons. The molecule has 1 N–H and O–H groups in total. The Hall–Kier alpha value is -2.22. The van der Waals surface area contributed by atoms with Crippen molar-refractivity contribution < 1.29 is 9.21 Å². The van der Waals surface area contributed by atoms with Gasteiger partial charge in [-0.2, -0.15) is 0 Å². The van der Waals surface area contributed by atoms with Crippen LogP contribution < -0.4 is 5.32 Å². The van der Waals surface area contributed by atoms with Crippen LogP contribution >= 0.6 is 35.4 Å². The summed E-state index contributed by atoms with van der Waals surface area (Å²) in [7, 11) is 0. The first-order valence-corrected chi connectivity index (χ1v) is 7.93. The Morgan fingerprint density at radius 1 is 1.25 bits per heavy atom. The normalized spacial score (nSPS) is 10.6. The molecule has 1 amide bonds. The van der Waals surface area contributed by atoms with Crippen LogP contribution in [0.15, 0.2) is 47.1 Å². The number of nitrogens with one attached hydrogen (secondary N) is 1. The summed E-state index contributed by atoms with van der Waals surface area (Å²) < 4.78 is 6.67. The van der Waals surface area contributed by atoms with Crippen molar-refractivity contribution in [1.29, 1.82) is 0 Å². The minimum atomic E-state index is -0.382. The quantitative estimate of drug-likeness (QED) is 0.686. The lowest BCUT2D eigenvalue weighted by Gasteiger charge is -2.08. The van der Waals surface area contributed by atoms with Crippen molar-refractivity contribution in [2.45, 2.75) is 6.54 Å². The van der Waals surface area contributed by atoms with E-state index < -0.39 is 0 Å². The fraction of sp³-hybridized carbons (Fsp3) is 0.0667. The largest absolute Gasteiger partial charge is 0.409 e. The average molecular weight is 381 g/mol. The van der Waals surface area contributed by atoms with Gasteiger partial charge in [0, 0.05) is 12.4 Å². The number of pyridine rings is 1. The summed E-state index contributed by atoms with van der Waals surface area (Å²) in [6.45, 7) is -0.135. The number of carbonyl (C=O) groups excluding carboxylic acids is 1. The van der Waals surface area contributed by atoms with E-state index >= 15 is 0 Å². The first-order chi connectivity index (χ1) is 11.5. The molecule has 0 radical (unpaired) electrons. The van der Waals surface area contributed by atoms with E-state index in [0.29, 0.717) is 21.3 Å². The highest BCUT2D eigenvalue weighted by atomic mass is 35.5. The van der Waals surface area contributed by atoms with Crippen molar-refractivity contribution in [2.24, 2.45) is 0 Å². The third-order valence-electron chi connectivity index (χ3n) is 3.04. The third-order valence-corrected chi connectivity index (χ3v) is 3.96. The first kappa shape index (κ1) is 16.6. The van der Waals surface area contributed by atoms with Crippen molar-refractivity contribution in [3.05, 3.63) is 57.6 Å². The molecule has 0 spiro atoms. The van der Waals surface area contributed by atoms with E-state index in [1.165, 1.54) is 4.68 Å². The van der Waals surface area contributed by atoms with Gasteiger partial charge in [0.2, 0.25) is 11.8 Å². The molecule has 3 aromatic rings. The molecule has 9 heteroatoms. The van der Waals surface area contributed by atoms with E-state index in [0.717, 1.165) is 0 Å². The zero-order chi connectivity index (χ0) is 17.1. The van der Waals surface area contributed by atoms with Crippen molar-refractivity contribution >= 4 is 47.0 Å². The highest BCUT2D eigenvalue weighted by Crippen LogP contribution is 2.29. The van der Waals surface area contributed by atoms with Gasteiger partial charge in [-0.1, -0.05) is 29.3 Å². The molecular formula is C15H10Cl2N4O2S. The lowest BCUT2D eigenvalue weighted by Crippen LogP contribution is -2.20. The Kier molecular flexibility index (Phi) is 4.94. The fourth-order valence-electron chi connectivity index (χ4n) is 1.94. The smallest absolute Gasteiger partial charge is 0.287 e. The lowest BCUT2D eigenvalue weighted by atomic mass is 10.3. The van der Waals surface area contributed by atoms with Gasteiger partial charge in [0.15, 0.2) is 0 Å². The molecule has 0 saturated heterocycles. The second kappa shape index (κ2) is 7.12. The van der Waals surface area contributed by atoms with E-state index in [9.17, 15) is 4.79 Å². The van der Waals surface area contributed by atoms with Gasteiger partial charge in [0.05, 0.1) is 21.3 Å². The number of aromatic nitrogens is 3. The maximum absolute atomic E-state index is 12.2. The van der Waals surface area contributed by atoms with Crippen LogP contribution in [0.1, 0.15) is 0 Å². The molecule has 24 heavy (non-hydrogen) atoms. The van der Waals surface area contributed by atoms with Gasteiger partial charge < -0.3 is 9.73 Å². The Labute approximate surface area is 152 Å². The number of anilines is 1. The van der Waals surface area contributed by atoms with Crippen molar-refractivity contribution in [3.8, 4) is 11.5 Å². The number of para-hydroxylation sites is 1. The SMILES string of the molecule is O=C(Cn1nc(-c2cccnc2)oc1=S)Nc1c(Cl)cccc1Cl. The predicted octanol–water partition coefficient (Wildman–Crippen LogP) is 4.21. The van der Waals surface area contributed by atoms with Gasteiger partial charge in [-0.25, -0.2) is 4.68 Å². The summed E-state index contributed by atoms with van der Waals surface area (Å²) in [5.41, 5.74) is 1.00. The van der Waals surface area contributed by atoms with Gasteiger partial charge in [0.25, 0.3) is 4.84 Å². The van der Waals surface area contributed by atoms with Crippen LogP contribution in [0.4, 0.5) is 5.69 Å². The standard InChI is InChI=1S/C15H10Cl2N4O2S/c16-10-4-1-5-11(17)13(10)19-12(22)8-21-15(24)23-14(20-21)9-3-2-6-18-7-9/h1-7H,8H2,(H,19,22). The van der Waals surface area contributed by atoms with Crippen molar-refractivity contribution in [1.82, 2.24) is 14.8 Å². The van der Waals surface area contributed by atoms with Gasteiger partial charge in [-0.15, -0.1) is 5.10 Å². The molecule has 2 heterocycles. The number of nitrogens with zero attached hydrogens (tertiary/aromatic N) is 3. The summed E-state index contributed by atoms with van der Waals surface area (Å²) in [5, 5.41) is 7.51. The van der Waals surface area contributed by atoms with Gasteiger partial charge in [-0.05, 0) is 36.5 Å². The van der Waals surface area contributed by atoms with Crippen LogP contribution in [0.2, 0.25) is 10.0 Å². The number of rotatable bonds is 4. The zero-order valence-corrected chi connectivity index (χ0v) is 14.4. The Bertz CT molecular complexity index is 920. The number of hydrogen-bond acceptors (Lipinski definition) is 5. The van der Waals surface area contributed by atoms with E-state index in [2.05, 4.69) is 15.4 Å². The summed E-state index contributed by atoms with van der Waals surface area (Å²) in [6.07, 6.45) is 3.23. The van der Waals surface area contributed by atoms with Crippen LogP contribution in [0.5, 0.6) is 0 Å². The number of carbonyl (C=O) groups is 1. The molecule has 2 aromatic heterocycles. The van der Waals surface area contributed by atoms with Crippen molar-refractivity contribution in [2.75, 3.05) is 5.32 Å². The number of halogens is 2. The maximum atomic E-state index is 12.2. The van der Waals surface area contributed by atoms with E-state index in [4.69, 9.17) is 39.8 Å². The molecule has 1 aromatic carbocycles.